The van der Waals surface area contributed by atoms with Crippen LogP contribution in [0, 0.1) is 66.0 Å². The van der Waals surface area contributed by atoms with Crippen molar-refractivity contribution in [3.63, 3.8) is 0 Å². The first-order valence-corrected chi connectivity index (χ1v) is 20.1. The molecule has 0 bridgehead atoms. The van der Waals surface area contributed by atoms with E-state index in [2.05, 4.69) is 69.2 Å². The Morgan fingerprint density at radius 2 is 0.792 bits per heavy atom. The lowest BCUT2D eigenvalue weighted by atomic mass is 9.32. The van der Waals surface area contributed by atoms with Crippen molar-refractivity contribution < 1.29 is 9.59 Å². The Balaban J connectivity index is 1.09. The highest BCUT2D eigenvalue weighted by Gasteiger charge is 2.74. The molecule has 1 aromatic rings. The van der Waals surface area contributed by atoms with E-state index < -0.39 is 0 Å². The zero-order valence-corrected chi connectivity index (χ0v) is 32.2. The van der Waals surface area contributed by atoms with Crippen LogP contribution in [0.3, 0.4) is 0 Å². The molecule has 262 valence electrons. The SMILES string of the molecule is C[C@@]12CCC3[C@](C)(CC[C@]4(C)C(=O)CC[C@@]34C)[C@@]1(C)Cc1nc3c(nc1C2)C[C@@]1(C)[C@@](C)(CCC2[C@]1(C)CC[C@]1(C)C(=O)CC[C@@]21C)C3. The summed E-state index contributed by atoms with van der Waals surface area (Å²) in [5, 5.41) is 0. The number of aromatic nitrogens is 2. The molecule has 0 N–H and O–H groups in total. The molecule has 8 aliphatic rings. The number of hydrogen-bond donors (Lipinski definition) is 0. The maximum absolute atomic E-state index is 13.3. The van der Waals surface area contributed by atoms with Crippen molar-refractivity contribution >= 4 is 11.6 Å². The number of ketones is 2. The Labute approximate surface area is 291 Å². The van der Waals surface area contributed by atoms with Crippen LogP contribution < -0.4 is 0 Å². The van der Waals surface area contributed by atoms with Crippen molar-refractivity contribution in [2.24, 2.45) is 66.0 Å². The van der Waals surface area contributed by atoms with Crippen molar-refractivity contribution in [1.82, 2.24) is 9.97 Å². The average Bonchev–Trinajstić information content (AvgIpc) is 3.40. The second-order valence-electron chi connectivity index (χ2n) is 21.9. The monoisotopic (exact) mass is 652 g/mol. The molecule has 0 aliphatic heterocycles. The Morgan fingerprint density at radius 3 is 1.17 bits per heavy atom. The lowest BCUT2D eigenvalue weighted by Gasteiger charge is -2.72. The third-order valence-electron chi connectivity index (χ3n) is 21.4. The van der Waals surface area contributed by atoms with Gasteiger partial charge in [-0.2, -0.15) is 0 Å². The van der Waals surface area contributed by atoms with Crippen LogP contribution in [0.4, 0.5) is 0 Å². The first kappa shape index (κ1) is 32.3. The summed E-state index contributed by atoms with van der Waals surface area (Å²) in [6, 6.07) is 0. The summed E-state index contributed by atoms with van der Waals surface area (Å²) in [5.41, 5.74) is 6.15. The largest absolute Gasteiger partial charge is 0.299 e. The standard InChI is InChI=1S/C44H64N2O2/c1-35-15-11-31-37(3)17-13-33(47)41(37,7)21-19-39(31,5)43(35,9)25-29-27(23-35)45-30-26-44(10)36(2,24-28(30)46-29)16-12-32-38(4)18-14-34(48)42(38,8)22-20-40(32,44)6/h31-32H,11-26H2,1-10H3/t31?,32?,35-,36-,37-,38-,39-,40-,41+,42+,43-,44-/m0/s1. The zero-order chi connectivity index (χ0) is 34.3. The molecule has 4 heteroatoms. The lowest BCUT2D eigenvalue weighted by Crippen LogP contribution is -2.67. The van der Waals surface area contributed by atoms with E-state index in [0.29, 0.717) is 23.4 Å². The summed E-state index contributed by atoms with van der Waals surface area (Å²) in [5.74, 6) is 2.25. The molecule has 12 atom stereocenters. The molecular weight excluding hydrogens is 588 g/mol. The van der Waals surface area contributed by atoms with Gasteiger partial charge in [0.05, 0.1) is 22.8 Å². The van der Waals surface area contributed by atoms with Gasteiger partial charge in [0.2, 0.25) is 0 Å². The lowest BCUT2D eigenvalue weighted by molar-refractivity contribution is -0.222. The van der Waals surface area contributed by atoms with Gasteiger partial charge in [-0.3, -0.25) is 19.6 Å². The van der Waals surface area contributed by atoms with Crippen molar-refractivity contribution in [3.8, 4) is 0 Å². The second kappa shape index (κ2) is 8.89. The minimum atomic E-state index is -0.147. The van der Waals surface area contributed by atoms with Crippen molar-refractivity contribution in [2.45, 2.75) is 172 Å². The molecule has 2 unspecified atom stereocenters. The molecule has 1 heterocycles. The van der Waals surface area contributed by atoms with E-state index in [1.807, 2.05) is 0 Å². The molecule has 0 amide bonds. The molecule has 9 rings (SSSR count). The number of rotatable bonds is 0. The van der Waals surface area contributed by atoms with Gasteiger partial charge < -0.3 is 0 Å². The molecule has 4 nitrogen and oxygen atoms in total. The van der Waals surface area contributed by atoms with Crippen molar-refractivity contribution in [2.75, 3.05) is 0 Å². The van der Waals surface area contributed by atoms with Crippen LogP contribution in [-0.4, -0.2) is 21.5 Å². The number of hydrogen-bond acceptors (Lipinski definition) is 4. The normalized spacial score (nSPS) is 56.5. The molecule has 1 aromatic heterocycles. The highest BCUT2D eigenvalue weighted by atomic mass is 16.1. The summed E-state index contributed by atoms with van der Waals surface area (Å²) in [4.78, 5) is 38.1. The topological polar surface area (TPSA) is 59.9 Å². The first-order chi connectivity index (χ1) is 22.2. The van der Waals surface area contributed by atoms with E-state index in [0.717, 1.165) is 77.0 Å². The Morgan fingerprint density at radius 1 is 0.438 bits per heavy atom. The molecule has 0 aromatic carbocycles. The van der Waals surface area contributed by atoms with Gasteiger partial charge >= 0.3 is 0 Å². The third-order valence-corrected chi connectivity index (χ3v) is 21.4. The van der Waals surface area contributed by atoms with Gasteiger partial charge in [-0.25, -0.2) is 0 Å². The second-order valence-corrected chi connectivity index (χ2v) is 21.9. The van der Waals surface area contributed by atoms with Crippen LogP contribution in [0.15, 0.2) is 0 Å². The molecule has 6 fully saturated rings. The van der Waals surface area contributed by atoms with Crippen LogP contribution in [0.2, 0.25) is 0 Å². The van der Waals surface area contributed by atoms with Gasteiger partial charge in [-0.1, -0.05) is 69.2 Å². The highest BCUT2D eigenvalue weighted by Crippen LogP contribution is 2.79. The number of Topliss-reactive ketones (excluding diaryl/α,β-unsaturated/α-hetero) is 2. The average molecular weight is 653 g/mol. The summed E-state index contributed by atoms with van der Waals surface area (Å²) in [6.45, 7) is 25.4. The van der Waals surface area contributed by atoms with E-state index in [4.69, 9.17) is 9.97 Å². The molecule has 0 spiro atoms. The van der Waals surface area contributed by atoms with E-state index >= 15 is 0 Å². The van der Waals surface area contributed by atoms with Crippen LogP contribution in [0.5, 0.6) is 0 Å². The van der Waals surface area contributed by atoms with Gasteiger partial charge in [0.1, 0.15) is 11.6 Å². The highest BCUT2D eigenvalue weighted by molar-refractivity contribution is 5.88. The fourth-order valence-corrected chi connectivity index (χ4v) is 16.6. The van der Waals surface area contributed by atoms with E-state index in [-0.39, 0.29) is 54.1 Å². The summed E-state index contributed by atoms with van der Waals surface area (Å²) < 4.78 is 0. The number of carbonyl (C=O) groups excluding carboxylic acids is 2. The first-order valence-electron chi connectivity index (χ1n) is 20.1. The quantitative estimate of drug-likeness (QED) is 0.280. The number of nitrogens with zero attached hydrogens (tertiary/aromatic N) is 2. The molecule has 0 radical (unpaired) electrons. The Hall–Kier alpha value is -1.58. The molecule has 48 heavy (non-hydrogen) atoms. The van der Waals surface area contributed by atoms with Crippen molar-refractivity contribution in [3.05, 3.63) is 22.8 Å². The summed E-state index contributed by atoms with van der Waals surface area (Å²) >= 11 is 0. The zero-order valence-electron chi connectivity index (χ0n) is 32.2. The van der Waals surface area contributed by atoms with Crippen molar-refractivity contribution in [1.29, 1.82) is 0 Å². The number of fused-ring (bicyclic) bond motifs is 12. The molecule has 0 saturated heterocycles. The van der Waals surface area contributed by atoms with Crippen LogP contribution in [0.1, 0.15) is 169 Å². The van der Waals surface area contributed by atoms with E-state index in [9.17, 15) is 9.59 Å². The predicted molar refractivity (Wildman–Crippen MR) is 190 cm³/mol. The minimum absolute atomic E-state index is 0.108. The third kappa shape index (κ3) is 3.17. The fraction of sp³-hybridized carbons (Fsp3) is 0.864. The minimum Gasteiger partial charge on any atom is -0.299 e. The summed E-state index contributed by atoms with van der Waals surface area (Å²) in [7, 11) is 0. The molecule has 6 saturated carbocycles. The molecule has 8 aliphatic carbocycles. The molecular formula is C44H64N2O2. The van der Waals surface area contributed by atoms with Crippen LogP contribution in [-0.2, 0) is 35.3 Å². The smallest absolute Gasteiger partial charge is 0.139 e. The van der Waals surface area contributed by atoms with Gasteiger partial charge in [0, 0.05) is 23.7 Å². The Kier molecular flexibility index (Phi) is 5.99. The van der Waals surface area contributed by atoms with Gasteiger partial charge in [-0.15, -0.1) is 0 Å². The maximum atomic E-state index is 13.3. The number of carbonyl (C=O) groups is 2. The summed E-state index contributed by atoms with van der Waals surface area (Å²) in [6.07, 6.45) is 17.2. The van der Waals surface area contributed by atoms with Crippen LogP contribution in [0.25, 0.3) is 0 Å². The van der Waals surface area contributed by atoms with Gasteiger partial charge in [0.25, 0.3) is 0 Å². The van der Waals surface area contributed by atoms with Gasteiger partial charge in [-0.05, 0) is 145 Å². The predicted octanol–water partition coefficient (Wildman–Crippen LogP) is 9.87. The fourth-order valence-electron chi connectivity index (χ4n) is 16.6. The van der Waals surface area contributed by atoms with Crippen LogP contribution >= 0.6 is 0 Å². The van der Waals surface area contributed by atoms with E-state index in [1.54, 1.807) is 0 Å². The van der Waals surface area contributed by atoms with Gasteiger partial charge in [0.15, 0.2) is 0 Å². The maximum Gasteiger partial charge on any atom is 0.139 e. The van der Waals surface area contributed by atoms with E-state index in [1.165, 1.54) is 48.5 Å². The Bertz CT molecular complexity index is 1560.